The minimum Gasteiger partial charge on any atom is -0.303 e. The van der Waals surface area contributed by atoms with Gasteiger partial charge < -0.3 is 4.79 Å². The Labute approximate surface area is 81.9 Å². The van der Waals surface area contributed by atoms with Crippen LogP contribution >= 0.6 is 15.9 Å². The standard InChI is InChI=1S/C8H7BrO.C2H6/c9-8-3-1-2-7(6-8)4-5-10;1-2/h1-3,5-6H,4H2;1-2H3. The maximum absolute atomic E-state index is 10.1. The van der Waals surface area contributed by atoms with Crippen molar-refractivity contribution < 1.29 is 4.79 Å². The molecule has 0 spiro atoms. The second-order valence-corrected chi connectivity index (χ2v) is 2.92. The molecule has 1 nitrogen and oxygen atoms in total. The average Bonchev–Trinajstić information content (AvgIpc) is 2.09. The number of carbonyl (C=O) groups excluding carboxylic acids is 1. The Hall–Kier alpha value is -0.630. The van der Waals surface area contributed by atoms with E-state index in [-0.39, 0.29) is 0 Å². The Balaban J connectivity index is 0.000000561. The van der Waals surface area contributed by atoms with Crippen molar-refractivity contribution in [2.24, 2.45) is 0 Å². The molecule has 0 saturated carbocycles. The van der Waals surface area contributed by atoms with Gasteiger partial charge in [0, 0.05) is 10.9 Å². The summed E-state index contributed by atoms with van der Waals surface area (Å²) in [5.74, 6) is 0. The van der Waals surface area contributed by atoms with Gasteiger partial charge >= 0.3 is 0 Å². The fourth-order valence-electron chi connectivity index (χ4n) is 0.760. The Bertz CT molecular complexity index is 233. The second kappa shape index (κ2) is 7.04. The molecule has 0 radical (unpaired) electrons. The topological polar surface area (TPSA) is 17.1 Å². The van der Waals surface area contributed by atoms with E-state index in [1.54, 1.807) is 0 Å². The number of halogens is 1. The van der Waals surface area contributed by atoms with Crippen molar-refractivity contribution in [2.45, 2.75) is 20.3 Å². The molecule has 0 atom stereocenters. The molecule has 0 aromatic heterocycles. The third-order valence-corrected chi connectivity index (χ3v) is 1.70. The van der Waals surface area contributed by atoms with Gasteiger partial charge in [-0.3, -0.25) is 0 Å². The van der Waals surface area contributed by atoms with Gasteiger partial charge in [0.15, 0.2) is 0 Å². The largest absolute Gasteiger partial charge is 0.303 e. The van der Waals surface area contributed by atoms with Crippen molar-refractivity contribution in [1.29, 1.82) is 0 Å². The molecule has 0 aliphatic rings. The molecule has 0 bridgehead atoms. The number of rotatable bonds is 2. The van der Waals surface area contributed by atoms with Gasteiger partial charge in [0.05, 0.1) is 0 Å². The first-order chi connectivity index (χ1) is 5.83. The summed E-state index contributed by atoms with van der Waals surface area (Å²) in [5.41, 5.74) is 1.05. The highest BCUT2D eigenvalue weighted by Crippen LogP contribution is 2.10. The first-order valence-electron chi connectivity index (χ1n) is 4.01. The molecule has 1 aromatic carbocycles. The first kappa shape index (κ1) is 11.4. The summed E-state index contributed by atoms with van der Waals surface area (Å²) in [7, 11) is 0. The molecule has 66 valence electrons. The zero-order valence-corrected chi connectivity index (χ0v) is 8.97. The number of hydrogen-bond acceptors (Lipinski definition) is 1. The predicted molar refractivity (Wildman–Crippen MR) is 55.3 cm³/mol. The van der Waals surface area contributed by atoms with E-state index in [0.717, 1.165) is 16.3 Å². The van der Waals surface area contributed by atoms with Gasteiger partial charge in [-0.05, 0) is 17.7 Å². The predicted octanol–water partition coefficient (Wildman–Crippen LogP) is 3.22. The molecule has 1 aromatic rings. The van der Waals surface area contributed by atoms with Gasteiger partial charge in [-0.25, -0.2) is 0 Å². The van der Waals surface area contributed by atoms with E-state index in [0.29, 0.717) is 6.42 Å². The lowest BCUT2D eigenvalue weighted by Crippen LogP contribution is -1.83. The molecule has 12 heavy (non-hydrogen) atoms. The maximum Gasteiger partial charge on any atom is 0.124 e. The molecule has 0 aliphatic heterocycles. The van der Waals surface area contributed by atoms with Crippen LogP contribution in [0, 0.1) is 0 Å². The fourth-order valence-corrected chi connectivity index (χ4v) is 1.21. The van der Waals surface area contributed by atoms with E-state index in [4.69, 9.17) is 0 Å². The Kier molecular flexibility index (Phi) is 6.67. The van der Waals surface area contributed by atoms with E-state index in [2.05, 4.69) is 15.9 Å². The molecule has 0 aliphatic carbocycles. The van der Waals surface area contributed by atoms with E-state index in [9.17, 15) is 4.79 Å². The molecular formula is C10H13BrO. The van der Waals surface area contributed by atoms with Crippen molar-refractivity contribution in [3.8, 4) is 0 Å². The molecule has 0 fully saturated rings. The highest BCUT2D eigenvalue weighted by molar-refractivity contribution is 9.10. The lowest BCUT2D eigenvalue weighted by molar-refractivity contribution is -0.107. The molecule has 0 unspecified atom stereocenters. The van der Waals surface area contributed by atoms with Crippen molar-refractivity contribution in [3.63, 3.8) is 0 Å². The lowest BCUT2D eigenvalue weighted by atomic mass is 10.2. The summed E-state index contributed by atoms with van der Waals surface area (Å²) in [6.45, 7) is 4.00. The smallest absolute Gasteiger partial charge is 0.124 e. The van der Waals surface area contributed by atoms with Crippen LogP contribution in [-0.4, -0.2) is 6.29 Å². The minimum absolute atomic E-state index is 0.499. The van der Waals surface area contributed by atoms with Crippen molar-refractivity contribution in [2.75, 3.05) is 0 Å². The van der Waals surface area contributed by atoms with Crippen LogP contribution in [0.2, 0.25) is 0 Å². The zero-order chi connectivity index (χ0) is 9.40. The highest BCUT2D eigenvalue weighted by Gasteiger charge is 1.90. The number of hydrogen-bond donors (Lipinski definition) is 0. The first-order valence-corrected chi connectivity index (χ1v) is 4.80. The summed E-state index contributed by atoms with van der Waals surface area (Å²) >= 11 is 3.32. The van der Waals surface area contributed by atoms with Crippen molar-refractivity contribution >= 4 is 22.2 Å². The maximum atomic E-state index is 10.1. The van der Waals surface area contributed by atoms with Gasteiger partial charge in [0.2, 0.25) is 0 Å². The quantitative estimate of drug-likeness (QED) is 0.711. The van der Waals surface area contributed by atoms with Crippen LogP contribution in [0.3, 0.4) is 0 Å². The van der Waals surface area contributed by atoms with Crippen LogP contribution in [0.25, 0.3) is 0 Å². The van der Waals surface area contributed by atoms with Gasteiger partial charge in [0.1, 0.15) is 6.29 Å². The van der Waals surface area contributed by atoms with Gasteiger partial charge in [-0.2, -0.15) is 0 Å². The summed E-state index contributed by atoms with van der Waals surface area (Å²) in [5, 5.41) is 0. The van der Waals surface area contributed by atoms with Crippen molar-refractivity contribution in [1.82, 2.24) is 0 Å². The normalized spacial score (nSPS) is 8.25. The van der Waals surface area contributed by atoms with E-state index >= 15 is 0 Å². The summed E-state index contributed by atoms with van der Waals surface area (Å²) in [4.78, 5) is 10.1. The molecule has 0 amide bonds. The Morgan fingerprint density at radius 1 is 1.42 bits per heavy atom. The van der Waals surface area contributed by atoms with Crippen LogP contribution < -0.4 is 0 Å². The van der Waals surface area contributed by atoms with Crippen molar-refractivity contribution in [3.05, 3.63) is 34.3 Å². The second-order valence-electron chi connectivity index (χ2n) is 2.00. The van der Waals surface area contributed by atoms with Crippen LogP contribution in [0.15, 0.2) is 28.7 Å². The average molecular weight is 229 g/mol. The molecule has 0 saturated heterocycles. The van der Waals surface area contributed by atoms with Gasteiger partial charge in [-0.1, -0.05) is 41.9 Å². The highest BCUT2D eigenvalue weighted by atomic mass is 79.9. The minimum atomic E-state index is 0.499. The van der Waals surface area contributed by atoms with Crippen LogP contribution in [0.5, 0.6) is 0 Å². The monoisotopic (exact) mass is 228 g/mol. The van der Waals surface area contributed by atoms with Gasteiger partial charge in [0.25, 0.3) is 0 Å². The summed E-state index contributed by atoms with van der Waals surface area (Å²) in [6, 6.07) is 7.73. The van der Waals surface area contributed by atoms with E-state index in [1.165, 1.54) is 0 Å². The molecule has 0 heterocycles. The van der Waals surface area contributed by atoms with Crippen LogP contribution in [0.4, 0.5) is 0 Å². The van der Waals surface area contributed by atoms with Gasteiger partial charge in [-0.15, -0.1) is 0 Å². The summed E-state index contributed by atoms with van der Waals surface area (Å²) in [6.07, 6.45) is 1.40. The molecule has 0 N–H and O–H groups in total. The number of benzene rings is 1. The molecule has 2 heteroatoms. The molecule has 1 rings (SSSR count). The SMILES string of the molecule is CC.O=CCc1cccc(Br)c1. The third-order valence-electron chi connectivity index (χ3n) is 1.21. The Morgan fingerprint density at radius 3 is 2.58 bits per heavy atom. The van der Waals surface area contributed by atoms with Crippen LogP contribution in [0.1, 0.15) is 19.4 Å². The zero-order valence-electron chi connectivity index (χ0n) is 7.38. The third kappa shape index (κ3) is 4.29. The number of aldehydes is 1. The fraction of sp³-hybridized carbons (Fsp3) is 0.300. The van der Waals surface area contributed by atoms with E-state index in [1.807, 2.05) is 38.1 Å². The van der Waals surface area contributed by atoms with Crippen LogP contribution in [-0.2, 0) is 11.2 Å². The number of carbonyl (C=O) groups is 1. The Morgan fingerprint density at radius 2 is 2.08 bits per heavy atom. The van der Waals surface area contributed by atoms with E-state index < -0.39 is 0 Å². The summed E-state index contributed by atoms with van der Waals surface area (Å²) < 4.78 is 1.02. The lowest BCUT2D eigenvalue weighted by Gasteiger charge is -1.93. The molecular weight excluding hydrogens is 216 g/mol.